The maximum atomic E-state index is 13.7. The molecule has 0 aliphatic carbocycles. The molecule has 3 heterocycles. The number of benzene rings is 2. The van der Waals surface area contributed by atoms with Crippen LogP contribution in [0.4, 0.5) is 37.7 Å². The zero-order chi connectivity index (χ0) is 41.1. The normalized spacial score (nSPS) is 17.3. The Bertz CT molecular complexity index is 2320. The lowest BCUT2D eigenvalue weighted by atomic mass is 9.80. The van der Waals surface area contributed by atoms with E-state index in [0.29, 0.717) is 48.5 Å². The van der Waals surface area contributed by atoms with Gasteiger partial charge in [0.05, 0.1) is 16.7 Å². The van der Waals surface area contributed by atoms with Crippen LogP contribution in [-0.2, 0) is 48.4 Å². The number of carbonyl (C=O) groups is 1. The van der Waals surface area contributed by atoms with Crippen molar-refractivity contribution in [3.63, 3.8) is 0 Å². The first-order valence-electron chi connectivity index (χ1n) is 17.1. The maximum absolute atomic E-state index is 13.7. The molecule has 19 heteroatoms. The molecule has 2 aromatic heterocycles. The summed E-state index contributed by atoms with van der Waals surface area (Å²) in [5.41, 5.74) is -2.15. The van der Waals surface area contributed by atoms with Gasteiger partial charge in [-0.05, 0) is 85.3 Å². The van der Waals surface area contributed by atoms with Crippen LogP contribution in [0.3, 0.4) is 0 Å². The van der Waals surface area contributed by atoms with Crippen molar-refractivity contribution in [3.8, 4) is 0 Å². The fourth-order valence-electron chi connectivity index (χ4n) is 6.43. The molecule has 11 nitrogen and oxygen atoms in total. The number of hydrogen-bond donors (Lipinski definition) is 3. The van der Waals surface area contributed by atoms with Crippen molar-refractivity contribution in [3.05, 3.63) is 119 Å². The number of aliphatic hydroxyl groups is 1. The molecule has 0 spiro atoms. The van der Waals surface area contributed by atoms with Crippen molar-refractivity contribution < 1.29 is 57.8 Å². The number of esters is 1. The van der Waals surface area contributed by atoms with Gasteiger partial charge >= 0.3 is 18.3 Å². The maximum Gasteiger partial charge on any atom is 0.417 e. The van der Waals surface area contributed by atoms with E-state index in [1.54, 1.807) is 25.1 Å². The molecule has 0 saturated carbocycles. The lowest BCUT2D eigenvalue weighted by Gasteiger charge is -2.38. The molecular formula is C37H36F6N4O7S2. The highest BCUT2D eigenvalue weighted by Gasteiger charge is 2.43. The molecule has 1 aliphatic heterocycles. The van der Waals surface area contributed by atoms with Crippen LogP contribution in [0.1, 0.15) is 74.1 Å². The smallest absolute Gasteiger partial charge is 0.417 e. The average molecular weight is 827 g/mol. The molecule has 3 N–H and O–H groups in total. The second-order valence-electron chi connectivity index (χ2n) is 13.1. The number of rotatable bonds is 14. The number of ether oxygens (including phenoxy) is 1. The molecule has 4 aromatic rings. The first-order chi connectivity index (χ1) is 26.2. The van der Waals surface area contributed by atoms with Crippen LogP contribution in [0.2, 0.25) is 0 Å². The minimum atomic E-state index is -4.71. The summed E-state index contributed by atoms with van der Waals surface area (Å²) in [5, 5.41) is 10.2. The number of pyridine rings is 2. The topological polar surface area (TPSA) is 165 Å². The van der Waals surface area contributed by atoms with Gasteiger partial charge in [-0.3, -0.25) is 9.44 Å². The molecule has 2 atom stereocenters. The molecule has 0 saturated heterocycles. The van der Waals surface area contributed by atoms with Crippen LogP contribution >= 0.6 is 0 Å². The number of hydrogen-bond acceptors (Lipinski definition) is 9. The van der Waals surface area contributed by atoms with Gasteiger partial charge in [-0.15, -0.1) is 0 Å². The monoisotopic (exact) mass is 826 g/mol. The van der Waals surface area contributed by atoms with Gasteiger partial charge in [0.15, 0.2) is 10.1 Å². The molecule has 0 fully saturated rings. The van der Waals surface area contributed by atoms with Gasteiger partial charge in [0, 0.05) is 36.1 Å². The minimum absolute atomic E-state index is 0.0167. The van der Waals surface area contributed by atoms with E-state index in [1.807, 2.05) is 6.92 Å². The summed E-state index contributed by atoms with van der Waals surface area (Å²) in [4.78, 5) is 20.6. The standard InChI is InChI=1S/C37H36F6N4O7S2/c1-3-16-35(17-15-23-7-5-9-27(18-23)46-55(50,51)31-13-11-25(21-44-31)36(38,39)40)20-30(48)33(34(49)54-35)29(4-2)24-8-6-10-28(19-24)47-56(52,53)32-14-12-26(22-45-32)37(41,42)43/h5-14,18-19,21-22,29,46-48H,3-4,15-17,20H2,1-2H3. The van der Waals surface area contributed by atoms with E-state index in [-0.39, 0.29) is 48.4 Å². The molecular weight excluding hydrogens is 791 g/mol. The lowest BCUT2D eigenvalue weighted by Crippen LogP contribution is -2.41. The van der Waals surface area contributed by atoms with E-state index in [0.717, 1.165) is 12.1 Å². The van der Waals surface area contributed by atoms with Crippen molar-refractivity contribution in [1.29, 1.82) is 0 Å². The van der Waals surface area contributed by atoms with Crippen LogP contribution in [0.25, 0.3) is 0 Å². The number of halogens is 6. The van der Waals surface area contributed by atoms with E-state index >= 15 is 0 Å². The van der Waals surface area contributed by atoms with Gasteiger partial charge < -0.3 is 9.84 Å². The van der Waals surface area contributed by atoms with Gasteiger partial charge in [0.2, 0.25) is 0 Å². The highest BCUT2D eigenvalue weighted by atomic mass is 32.2. The number of sulfonamides is 2. The predicted molar refractivity (Wildman–Crippen MR) is 192 cm³/mol. The zero-order valence-corrected chi connectivity index (χ0v) is 31.4. The Morgan fingerprint density at radius 2 is 1.32 bits per heavy atom. The van der Waals surface area contributed by atoms with Gasteiger partial charge in [-0.2, -0.15) is 43.2 Å². The van der Waals surface area contributed by atoms with Gasteiger partial charge in [-0.25, -0.2) is 14.8 Å². The largest absolute Gasteiger partial charge is 0.512 e. The second kappa shape index (κ2) is 16.1. The highest BCUT2D eigenvalue weighted by Crippen LogP contribution is 2.42. The minimum Gasteiger partial charge on any atom is -0.512 e. The van der Waals surface area contributed by atoms with Crippen molar-refractivity contribution >= 4 is 37.4 Å². The molecule has 2 aromatic carbocycles. The van der Waals surface area contributed by atoms with E-state index in [4.69, 9.17) is 4.74 Å². The summed E-state index contributed by atoms with van der Waals surface area (Å²) >= 11 is 0. The van der Waals surface area contributed by atoms with E-state index in [9.17, 15) is 53.1 Å². The van der Waals surface area contributed by atoms with Crippen LogP contribution in [0.5, 0.6) is 0 Å². The Morgan fingerprint density at radius 3 is 1.79 bits per heavy atom. The lowest BCUT2D eigenvalue weighted by molar-refractivity contribution is -0.161. The van der Waals surface area contributed by atoms with Gasteiger partial charge in [0.25, 0.3) is 20.0 Å². The Labute approximate surface area is 319 Å². The van der Waals surface area contributed by atoms with E-state index in [2.05, 4.69) is 19.4 Å². The number of nitrogens with one attached hydrogen (secondary N) is 2. The third-order valence-electron chi connectivity index (χ3n) is 9.06. The number of aromatic nitrogens is 2. The highest BCUT2D eigenvalue weighted by molar-refractivity contribution is 7.93. The predicted octanol–water partition coefficient (Wildman–Crippen LogP) is 8.54. The van der Waals surface area contributed by atoms with Crippen molar-refractivity contribution in [2.75, 3.05) is 9.44 Å². The molecule has 2 unspecified atom stereocenters. The van der Waals surface area contributed by atoms with Crippen LogP contribution in [-0.4, -0.2) is 43.5 Å². The van der Waals surface area contributed by atoms with Crippen molar-refractivity contribution in [1.82, 2.24) is 9.97 Å². The first-order valence-corrected chi connectivity index (χ1v) is 20.1. The Hall–Kier alpha value is -5.17. The Morgan fingerprint density at radius 1 is 0.786 bits per heavy atom. The number of carbonyl (C=O) groups excluding carboxylic acids is 1. The van der Waals surface area contributed by atoms with Crippen LogP contribution in [0.15, 0.2) is 107 Å². The molecule has 0 bridgehead atoms. The summed E-state index contributed by atoms with van der Waals surface area (Å²) in [6.45, 7) is 3.63. The summed E-state index contributed by atoms with van der Waals surface area (Å²) in [6.07, 6.45) is -6.87. The first kappa shape index (κ1) is 42.0. The van der Waals surface area contributed by atoms with Crippen LogP contribution < -0.4 is 9.44 Å². The van der Waals surface area contributed by atoms with E-state index < -0.39 is 71.1 Å². The fourth-order valence-corrected chi connectivity index (χ4v) is 8.39. The summed E-state index contributed by atoms with van der Waals surface area (Å²) in [5.74, 6) is -1.73. The van der Waals surface area contributed by atoms with Crippen molar-refractivity contribution in [2.45, 2.75) is 86.3 Å². The number of nitrogens with zero attached hydrogens (tertiary/aromatic N) is 2. The number of aryl methyl sites for hydroxylation is 1. The summed E-state index contributed by atoms with van der Waals surface area (Å²) in [6, 6.07) is 14.9. The number of cyclic esters (lactones) is 1. The number of aliphatic hydroxyl groups excluding tert-OH is 1. The molecule has 0 radical (unpaired) electrons. The van der Waals surface area contributed by atoms with Crippen molar-refractivity contribution in [2.24, 2.45) is 0 Å². The molecule has 5 rings (SSSR count). The van der Waals surface area contributed by atoms with Crippen LogP contribution in [0, 0.1) is 0 Å². The number of alkyl halides is 6. The molecule has 56 heavy (non-hydrogen) atoms. The summed E-state index contributed by atoms with van der Waals surface area (Å²) < 4.78 is 140. The Balaban J connectivity index is 1.31. The van der Waals surface area contributed by atoms with Gasteiger partial charge in [0.1, 0.15) is 11.4 Å². The average Bonchev–Trinajstić information content (AvgIpc) is 3.12. The Kier molecular flexibility index (Phi) is 12.1. The molecule has 300 valence electrons. The third kappa shape index (κ3) is 9.79. The quantitative estimate of drug-likeness (QED) is 0.0835. The van der Waals surface area contributed by atoms with E-state index in [1.165, 1.54) is 30.3 Å². The molecule has 0 amide bonds. The number of anilines is 2. The third-order valence-corrected chi connectivity index (χ3v) is 11.7. The SMILES string of the molecule is CCCC1(CCc2cccc(NS(=O)(=O)c3ccc(C(F)(F)F)cn3)c2)CC(O)=C(C(CC)c2cccc(NS(=O)(=O)c3ccc(C(F)(F)F)cn3)c2)C(=O)O1. The fraction of sp³-hybridized carbons (Fsp3) is 0.324. The molecule has 1 aliphatic rings. The second-order valence-corrected chi connectivity index (χ2v) is 16.4. The summed E-state index contributed by atoms with van der Waals surface area (Å²) in [7, 11) is -8.75. The van der Waals surface area contributed by atoms with Gasteiger partial charge in [-0.1, -0.05) is 44.5 Å². The zero-order valence-electron chi connectivity index (χ0n) is 29.8.